The van der Waals surface area contributed by atoms with E-state index in [0.717, 1.165) is 38.5 Å². The average Bonchev–Trinajstić information content (AvgIpc) is 2.35. The second-order valence-electron chi connectivity index (χ2n) is 5.83. The predicted molar refractivity (Wildman–Crippen MR) is 69.2 cm³/mol. The molecule has 100 valence electrons. The molecule has 0 aromatic heterocycles. The lowest BCUT2D eigenvalue weighted by atomic mass is 9.79. The first-order valence-corrected chi connectivity index (χ1v) is 7.14. The molecule has 3 heteroatoms. The summed E-state index contributed by atoms with van der Waals surface area (Å²) in [5.74, 6) is 0.873. The van der Waals surface area contributed by atoms with Crippen LogP contribution in [0.4, 0.5) is 0 Å². The van der Waals surface area contributed by atoms with Gasteiger partial charge in [0.1, 0.15) is 0 Å². The lowest BCUT2D eigenvalue weighted by molar-refractivity contribution is -0.142. The molecular formula is C14H27NO2. The van der Waals surface area contributed by atoms with Gasteiger partial charge in [0.05, 0.1) is 11.7 Å². The Morgan fingerprint density at radius 2 is 1.82 bits per heavy atom. The molecule has 0 aromatic rings. The van der Waals surface area contributed by atoms with Crippen molar-refractivity contribution in [2.75, 3.05) is 26.8 Å². The third-order valence-corrected chi connectivity index (χ3v) is 4.27. The molecule has 0 radical (unpaired) electrons. The topological polar surface area (TPSA) is 30.5 Å². The van der Waals surface area contributed by atoms with E-state index in [1.165, 1.54) is 25.7 Å². The van der Waals surface area contributed by atoms with E-state index in [1.54, 1.807) is 0 Å². The Hall–Kier alpha value is -0.120. The van der Waals surface area contributed by atoms with E-state index in [-0.39, 0.29) is 5.60 Å². The van der Waals surface area contributed by atoms with Crippen LogP contribution in [0.15, 0.2) is 0 Å². The van der Waals surface area contributed by atoms with Crippen LogP contribution in [0.5, 0.6) is 0 Å². The molecule has 1 heterocycles. The third-order valence-electron chi connectivity index (χ3n) is 4.27. The maximum atomic E-state index is 6.47. The van der Waals surface area contributed by atoms with Gasteiger partial charge in [-0.25, -0.2) is 0 Å². The lowest BCUT2D eigenvalue weighted by Crippen LogP contribution is -2.48. The van der Waals surface area contributed by atoms with Gasteiger partial charge in [-0.2, -0.15) is 0 Å². The lowest BCUT2D eigenvalue weighted by Gasteiger charge is -2.42. The fourth-order valence-corrected chi connectivity index (χ4v) is 3.09. The molecule has 2 aliphatic rings. The summed E-state index contributed by atoms with van der Waals surface area (Å²) < 4.78 is 11.9. The number of nitrogens with one attached hydrogen (secondary N) is 1. The largest absolute Gasteiger partial charge is 0.381 e. The summed E-state index contributed by atoms with van der Waals surface area (Å²) >= 11 is 0. The number of rotatable bonds is 4. The fourth-order valence-electron chi connectivity index (χ4n) is 3.09. The van der Waals surface area contributed by atoms with Crippen molar-refractivity contribution >= 4 is 0 Å². The van der Waals surface area contributed by atoms with Crippen molar-refractivity contribution in [1.82, 2.24) is 5.32 Å². The normalized spacial score (nSPS) is 36.0. The van der Waals surface area contributed by atoms with Gasteiger partial charge in [0.25, 0.3) is 0 Å². The van der Waals surface area contributed by atoms with Crippen molar-refractivity contribution < 1.29 is 9.47 Å². The van der Waals surface area contributed by atoms with E-state index in [2.05, 4.69) is 12.2 Å². The summed E-state index contributed by atoms with van der Waals surface area (Å²) in [6.07, 6.45) is 7.61. The second-order valence-corrected chi connectivity index (χ2v) is 5.83. The Labute approximate surface area is 105 Å². The molecule has 0 spiro atoms. The molecule has 3 nitrogen and oxygen atoms in total. The Kier molecular flexibility index (Phi) is 4.83. The van der Waals surface area contributed by atoms with Crippen LogP contribution in [0, 0.1) is 5.92 Å². The van der Waals surface area contributed by atoms with E-state index in [1.807, 2.05) is 7.05 Å². The number of ether oxygens (including phenoxy) is 2. The van der Waals surface area contributed by atoms with E-state index < -0.39 is 0 Å². The van der Waals surface area contributed by atoms with Crippen molar-refractivity contribution in [2.45, 2.75) is 57.2 Å². The molecule has 2 fully saturated rings. The fraction of sp³-hybridized carbons (Fsp3) is 1.00. The van der Waals surface area contributed by atoms with Gasteiger partial charge in [-0.15, -0.1) is 0 Å². The Balaban J connectivity index is 1.90. The van der Waals surface area contributed by atoms with Crippen molar-refractivity contribution in [3.05, 3.63) is 0 Å². The highest BCUT2D eigenvalue weighted by Crippen LogP contribution is 2.36. The van der Waals surface area contributed by atoms with E-state index in [9.17, 15) is 0 Å². The van der Waals surface area contributed by atoms with Crippen LogP contribution in [0.1, 0.15) is 45.4 Å². The van der Waals surface area contributed by atoms with Crippen molar-refractivity contribution in [2.24, 2.45) is 5.92 Å². The summed E-state index contributed by atoms with van der Waals surface area (Å²) in [5, 5.41) is 3.33. The van der Waals surface area contributed by atoms with E-state index >= 15 is 0 Å². The first-order valence-electron chi connectivity index (χ1n) is 7.14. The van der Waals surface area contributed by atoms with Crippen molar-refractivity contribution in [3.8, 4) is 0 Å². The molecule has 0 aromatic carbocycles. The highest BCUT2D eigenvalue weighted by Gasteiger charge is 2.37. The number of likely N-dealkylation sites (N-methyl/N-ethyl adjacent to an activating group) is 1. The molecule has 0 unspecified atom stereocenters. The molecule has 2 rings (SSSR count). The summed E-state index contributed by atoms with van der Waals surface area (Å²) in [4.78, 5) is 0. The molecule has 17 heavy (non-hydrogen) atoms. The van der Waals surface area contributed by atoms with Crippen LogP contribution in [0.25, 0.3) is 0 Å². The Bertz CT molecular complexity index is 218. The van der Waals surface area contributed by atoms with Crippen molar-refractivity contribution in [1.29, 1.82) is 0 Å². The molecule has 1 saturated heterocycles. The highest BCUT2D eigenvalue weighted by molar-refractivity contribution is 4.89. The second kappa shape index (κ2) is 6.17. The molecule has 0 amide bonds. The van der Waals surface area contributed by atoms with Gasteiger partial charge in [-0.1, -0.05) is 6.92 Å². The maximum Gasteiger partial charge on any atom is 0.0810 e. The van der Waals surface area contributed by atoms with Gasteiger partial charge in [-0.3, -0.25) is 0 Å². The van der Waals surface area contributed by atoms with Gasteiger partial charge >= 0.3 is 0 Å². The Morgan fingerprint density at radius 1 is 1.18 bits per heavy atom. The zero-order valence-electron chi connectivity index (χ0n) is 11.3. The summed E-state index contributed by atoms with van der Waals surface area (Å²) in [6, 6.07) is 0. The molecule has 0 bridgehead atoms. The average molecular weight is 241 g/mol. The zero-order valence-corrected chi connectivity index (χ0v) is 11.3. The first kappa shape index (κ1) is 13.3. The first-order chi connectivity index (χ1) is 8.24. The molecule has 1 N–H and O–H groups in total. The minimum absolute atomic E-state index is 0.100. The van der Waals surface area contributed by atoms with Crippen molar-refractivity contribution in [3.63, 3.8) is 0 Å². The number of hydrogen-bond acceptors (Lipinski definition) is 3. The van der Waals surface area contributed by atoms with E-state index in [4.69, 9.17) is 9.47 Å². The number of hydrogen-bond donors (Lipinski definition) is 1. The monoisotopic (exact) mass is 241 g/mol. The minimum Gasteiger partial charge on any atom is -0.381 e. The molecular weight excluding hydrogens is 214 g/mol. The summed E-state index contributed by atoms with van der Waals surface area (Å²) in [6.45, 7) is 5.10. The van der Waals surface area contributed by atoms with Crippen LogP contribution < -0.4 is 5.32 Å². The molecule has 1 aliphatic heterocycles. The summed E-state index contributed by atoms with van der Waals surface area (Å²) in [5.41, 5.74) is 0.100. The van der Waals surface area contributed by atoms with Crippen LogP contribution in [0.2, 0.25) is 0 Å². The van der Waals surface area contributed by atoms with E-state index in [0.29, 0.717) is 6.10 Å². The smallest absolute Gasteiger partial charge is 0.0810 e. The predicted octanol–water partition coefficient (Wildman–Crippen LogP) is 2.35. The zero-order chi connectivity index (χ0) is 12.1. The maximum absolute atomic E-state index is 6.47. The molecule has 0 atom stereocenters. The molecule has 1 aliphatic carbocycles. The van der Waals surface area contributed by atoms with Gasteiger partial charge < -0.3 is 14.8 Å². The minimum atomic E-state index is 0.100. The van der Waals surface area contributed by atoms with Crippen LogP contribution >= 0.6 is 0 Å². The SMILES string of the molecule is CNCC1(OC2CCOCC2)CCC(C)CC1. The molecule has 1 saturated carbocycles. The van der Waals surface area contributed by atoms with Crippen LogP contribution in [-0.4, -0.2) is 38.5 Å². The summed E-state index contributed by atoms with van der Waals surface area (Å²) in [7, 11) is 2.03. The third kappa shape index (κ3) is 3.67. The highest BCUT2D eigenvalue weighted by atomic mass is 16.5. The quantitative estimate of drug-likeness (QED) is 0.819. The van der Waals surface area contributed by atoms with Crippen LogP contribution in [0.3, 0.4) is 0 Å². The Morgan fingerprint density at radius 3 is 2.41 bits per heavy atom. The van der Waals surface area contributed by atoms with Crippen LogP contribution in [-0.2, 0) is 9.47 Å². The van der Waals surface area contributed by atoms with Gasteiger partial charge in [0.2, 0.25) is 0 Å². The van der Waals surface area contributed by atoms with Gasteiger partial charge in [0, 0.05) is 19.8 Å². The van der Waals surface area contributed by atoms with Gasteiger partial charge in [-0.05, 0) is 51.5 Å². The van der Waals surface area contributed by atoms with Gasteiger partial charge in [0.15, 0.2) is 0 Å². The standard InChI is InChI=1S/C14H27NO2/c1-12-3-7-14(8-4-12,11-15-2)17-13-5-9-16-10-6-13/h12-13,15H,3-11H2,1-2H3.